The van der Waals surface area contributed by atoms with Gasteiger partial charge in [-0.3, -0.25) is 42.7 Å². The molecule has 3 aromatic carbocycles. The second kappa shape index (κ2) is 27.0. The molecule has 0 radical (unpaired) electrons. The van der Waals surface area contributed by atoms with E-state index in [0.717, 1.165) is 79.1 Å². The molecule has 0 unspecified atom stereocenters. The molecule has 0 saturated heterocycles. The molecule has 3 aliphatic heterocycles. The Morgan fingerprint density at radius 3 is 1.51 bits per heavy atom. The standard InChI is InChI=1S/C22H20N4O2.C15H17N3O2.C15H16N2O2.CH2O3.ClH.H3NO.2Na.H/c1-22(2)9-8-20-24-18-11-14(6-7-15(18)21(27)26(20)13-22)17-12-19(28-25-17)16-5-3-4-10-23-16;1-15(2)6-5-13-17-12-7-10(8-16-20)3-4-11(12)14(19)18(13)9-15;1-15(2)6-5-13-16-12-7-10(8-18)3-4-11(12)14(19)17(13)9-15;2-1-4-3;;1-2;;;/h3-7,10-12H,8-9,13H2,1-2H3;3-4,7-8,20H,5-6,9H2,1-2H3;3-4,7-8H,5-6,9H2,1-2H3;1,3H;1H;2H,1H2;;;/q;;;;;;2*+1;-1/p-1. The van der Waals surface area contributed by atoms with Gasteiger partial charge in [0.1, 0.15) is 35.1 Å². The average Bonchev–Trinajstić information content (AvgIpc) is 3.89. The van der Waals surface area contributed by atoms with Gasteiger partial charge in [-0.15, -0.1) is 12.4 Å². The fourth-order valence-electron chi connectivity index (χ4n) is 9.19. The Labute approximate surface area is 488 Å². The number of benzene rings is 3. The molecule has 0 atom stereocenters. The van der Waals surface area contributed by atoms with Crippen molar-refractivity contribution in [3.05, 3.63) is 145 Å². The fourth-order valence-corrected chi connectivity index (χ4v) is 9.19. The maximum absolute atomic E-state index is 13.0. The van der Waals surface area contributed by atoms with Gasteiger partial charge >= 0.3 is 59.1 Å². The minimum Gasteiger partial charge on any atom is -1.00 e. The van der Waals surface area contributed by atoms with Crippen molar-refractivity contribution in [1.82, 2.24) is 38.8 Å². The first kappa shape index (κ1) is 62.8. The smallest absolute Gasteiger partial charge is 1.00 e. The molecule has 0 saturated carbocycles. The molecule has 11 rings (SSSR count). The van der Waals surface area contributed by atoms with E-state index in [-0.39, 0.29) is 112 Å². The second-order valence-corrected chi connectivity index (χ2v) is 20.4. The molecule has 76 heavy (non-hydrogen) atoms. The monoisotopic (exact) mass is 1080 g/mol. The summed E-state index contributed by atoms with van der Waals surface area (Å²) in [5, 5.41) is 32.5. The molecule has 8 heterocycles. The zero-order valence-corrected chi connectivity index (χ0v) is 48.7. The van der Waals surface area contributed by atoms with E-state index in [4.69, 9.17) is 30.0 Å². The number of aryl methyl sites for hydroxylation is 3. The van der Waals surface area contributed by atoms with Crippen LogP contribution in [-0.2, 0) is 48.6 Å². The number of hydrogen-bond acceptors (Lipinski definition) is 17. The molecule has 390 valence electrons. The summed E-state index contributed by atoms with van der Waals surface area (Å²) in [4.78, 5) is 78.3. The molecular weight excluding hydrogens is 1020 g/mol. The zero-order valence-electron chi connectivity index (χ0n) is 44.8. The summed E-state index contributed by atoms with van der Waals surface area (Å²) >= 11 is 0. The maximum atomic E-state index is 13.0. The molecule has 0 bridgehead atoms. The maximum Gasteiger partial charge on any atom is 1.00 e. The SMILES string of the molecule is CC1(C)CCc2nc3cc(-c4cc(-c5ccccn5)on4)ccc3c(=O)n2C1.CC1(C)CCc2nc3cc(C=NO)ccc3c(=O)n2C1.CC1(C)CCc2nc3cc(C=O)ccc3c(=O)n2C1.Cl.NO.O=CO[O-].[H-].[Na+].[Na+]. The van der Waals surface area contributed by atoms with Crippen molar-refractivity contribution in [2.24, 2.45) is 27.3 Å². The molecule has 8 aromatic rings. The first-order chi connectivity index (χ1) is 34.9. The average molecular weight is 1080 g/mol. The van der Waals surface area contributed by atoms with Gasteiger partial charge in [-0.25, -0.2) is 20.8 Å². The molecule has 20 nitrogen and oxygen atoms in total. The molecule has 0 aliphatic carbocycles. The van der Waals surface area contributed by atoms with Crippen molar-refractivity contribution >= 4 is 64.1 Å². The number of nitrogens with zero attached hydrogens (tertiary/aromatic N) is 9. The number of halogens is 1. The number of hydrogen-bond donors (Lipinski definition) is 3. The Morgan fingerprint density at radius 2 is 1.09 bits per heavy atom. The molecule has 4 N–H and O–H groups in total. The van der Waals surface area contributed by atoms with E-state index in [1.165, 1.54) is 6.21 Å². The van der Waals surface area contributed by atoms with E-state index >= 15 is 0 Å². The van der Waals surface area contributed by atoms with E-state index in [9.17, 15) is 19.2 Å². The van der Waals surface area contributed by atoms with Crippen LogP contribution in [0.25, 0.3) is 55.4 Å². The van der Waals surface area contributed by atoms with Crippen LogP contribution in [0.15, 0.2) is 109 Å². The number of pyridine rings is 1. The summed E-state index contributed by atoms with van der Waals surface area (Å²) in [6.45, 7) is 15.0. The van der Waals surface area contributed by atoms with E-state index in [0.29, 0.717) is 69.4 Å². The Balaban J connectivity index is 0.000000287. The first-order valence-corrected chi connectivity index (χ1v) is 23.5. The van der Waals surface area contributed by atoms with Crippen molar-refractivity contribution in [2.45, 2.75) is 99.7 Å². The minimum atomic E-state index is -0.181. The Hall–Kier alpha value is -5.78. The van der Waals surface area contributed by atoms with Gasteiger partial charge in [-0.2, -0.15) is 0 Å². The van der Waals surface area contributed by atoms with Gasteiger partial charge in [-0.1, -0.05) is 76.1 Å². The number of carbonyl (C=O) groups excluding carboxylic acids is 2. The van der Waals surface area contributed by atoms with Crippen LogP contribution in [0.1, 0.15) is 95.6 Å². The molecule has 3 aliphatic rings. The van der Waals surface area contributed by atoms with Crippen molar-refractivity contribution < 1.29 is 95.2 Å². The van der Waals surface area contributed by atoms with Crippen molar-refractivity contribution in [3.63, 3.8) is 0 Å². The van der Waals surface area contributed by atoms with Crippen LogP contribution in [0.5, 0.6) is 0 Å². The third kappa shape index (κ3) is 14.6. The quantitative estimate of drug-likeness (QED) is 0.0536. The third-order valence-corrected chi connectivity index (χ3v) is 13.1. The molecule has 0 amide bonds. The van der Waals surface area contributed by atoms with Crippen LogP contribution in [0, 0.1) is 16.2 Å². The summed E-state index contributed by atoms with van der Waals surface area (Å²) in [6, 6.07) is 23.5. The third-order valence-electron chi connectivity index (χ3n) is 13.1. The van der Waals surface area contributed by atoms with Gasteiger partial charge in [0, 0.05) is 62.3 Å². The topological polar surface area (TPSA) is 289 Å². The normalized spacial score (nSPS) is 15.0. The van der Waals surface area contributed by atoms with E-state index < -0.39 is 0 Å². The van der Waals surface area contributed by atoms with Crippen LogP contribution in [0.3, 0.4) is 0 Å². The molecule has 5 aromatic heterocycles. The van der Waals surface area contributed by atoms with E-state index in [1.807, 2.05) is 47.0 Å². The molecule has 23 heteroatoms. The number of fused-ring (bicyclic) bond motifs is 6. The number of rotatable bonds is 5. The van der Waals surface area contributed by atoms with Crippen LogP contribution < -0.4 is 86.9 Å². The van der Waals surface area contributed by atoms with Gasteiger partial charge in [0.2, 0.25) is 0 Å². The van der Waals surface area contributed by atoms with Gasteiger partial charge in [0.25, 0.3) is 23.2 Å². The number of aromatic nitrogens is 8. The number of nitrogens with two attached hydrogens (primary N) is 1. The number of aldehydes is 1. The predicted octanol–water partition coefficient (Wildman–Crippen LogP) is 0.756. The van der Waals surface area contributed by atoms with Crippen LogP contribution >= 0.6 is 12.4 Å². The van der Waals surface area contributed by atoms with E-state index in [2.05, 4.69) is 77.6 Å². The second-order valence-electron chi connectivity index (χ2n) is 20.4. The van der Waals surface area contributed by atoms with Crippen molar-refractivity contribution in [2.75, 3.05) is 0 Å². The molecular formula is C53H59ClN10Na2O10. The zero-order chi connectivity index (χ0) is 52.7. The summed E-state index contributed by atoms with van der Waals surface area (Å²) in [7, 11) is 0. The predicted molar refractivity (Wildman–Crippen MR) is 279 cm³/mol. The summed E-state index contributed by atoms with van der Waals surface area (Å²) in [5.41, 5.74) is 6.02. The van der Waals surface area contributed by atoms with Crippen molar-refractivity contribution in [1.29, 1.82) is 0 Å². The number of oxime groups is 1. The van der Waals surface area contributed by atoms with Crippen LogP contribution in [0.2, 0.25) is 0 Å². The van der Waals surface area contributed by atoms with E-state index in [1.54, 1.807) is 51.7 Å². The first-order valence-electron chi connectivity index (χ1n) is 23.5. The van der Waals surface area contributed by atoms with Gasteiger partial charge in [0.05, 0.1) is 38.9 Å². The molecule has 0 spiro atoms. The van der Waals surface area contributed by atoms with Gasteiger partial charge < -0.3 is 26.5 Å². The fraction of sp³-hybridized carbons (Fsp3) is 0.340. The van der Waals surface area contributed by atoms with Crippen LogP contribution in [0.4, 0.5) is 0 Å². The van der Waals surface area contributed by atoms with Gasteiger partial charge in [-0.05, 0) is 89.6 Å². The minimum absolute atomic E-state index is 0. The largest absolute Gasteiger partial charge is 1.00 e. The van der Waals surface area contributed by atoms with Gasteiger partial charge in [0.15, 0.2) is 5.76 Å². The summed E-state index contributed by atoms with van der Waals surface area (Å²) < 4.78 is 10.9. The summed E-state index contributed by atoms with van der Waals surface area (Å²) in [5.74, 6) is 6.65. The Kier molecular flexibility index (Phi) is 22.3. The van der Waals surface area contributed by atoms with Crippen molar-refractivity contribution in [3.8, 4) is 22.7 Å². The van der Waals surface area contributed by atoms with Crippen LogP contribution in [-0.4, -0.2) is 68.2 Å². The number of carbonyl (C=O) groups is 2. The Morgan fingerprint density at radius 1 is 0.658 bits per heavy atom. The summed E-state index contributed by atoms with van der Waals surface area (Å²) in [6.07, 6.45) is 9.36. The Bertz CT molecular complexity index is 3550. The molecule has 0 fully saturated rings.